The molecule has 4 aliphatic heterocycles. The first-order valence-electron chi connectivity index (χ1n) is 17.1. The zero-order valence-electron chi connectivity index (χ0n) is 27.2. The van der Waals surface area contributed by atoms with Crippen LogP contribution in [0.4, 0.5) is 24.5 Å². The molecule has 4 aromatic carbocycles. The lowest BCUT2D eigenvalue weighted by Gasteiger charge is -2.40. The van der Waals surface area contributed by atoms with Crippen LogP contribution in [0.1, 0.15) is 57.3 Å². The molecule has 1 amide bonds. The molecule has 7 nitrogen and oxygen atoms in total. The fraction of sp³-hybridized carbons (Fsp3) is 0.359. The van der Waals surface area contributed by atoms with Crippen molar-refractivity contribution in [3.8, 4) is 11.5 Å². The Kier molecular flexibility index (Phi) is 8.35. The van der Waals surface area contributed by atoms with Crippen molar-refractivity contribution < 1.29 is 27.8 Å². The number of halogens is 3. The summed E-state index contributed by atoms with van der Waals surface area (Å²) in [6.07, 6.45) is 1.98. The number of hydrogen-bond acceptors (Lipinski definition) is 6. The lowest BCUT2D eigenvalue weighted by molar-refractivity contribution is 0.0965. The minimum Gasteiger partial charge on any atom is -0.508 e. The average molecular weight is 669 g/mol. The van der Waals surface area contributed by atoms with Gasteiger partial charge >= 0.3 is 0 Å². The van der Waals surface area contributed by atoms with Crippen LogP contribution in [0.3, 0.4) is 0 Å². The number of aromatic hydroxyl groups is 1. The highest BCUT2D eigenvalue weighted by Crippen LogP contribution is 2.47. The molecule has 0 bridgehead atoms. The van der Waals surface area contributed by atoms with Gasteiger partial charge in [-0.1, -0.05) is 18.2 Å². The monoisotopic (exact) mass is 668 g/mol. The van der Waals surface area contributed by atoms with E-state index in [1.54, 1.807) is 24.3 Å². The molecule has 10 heteroatoms. The zero-order chi connectivity index (χ0) is 33.6. The number of carbonyl (C=O) groups excluding carboxylic acids is 1. The van der Waals surface area contributed by atoms with Crippen LogP contribution in [0.5, 0.6) is 11.5 Å². The predicted octanol–water partition coefficient (Wildman–Crippen LogP) is 6.40. The predicted molar refractivity (Wildman–Crippen MR) is 182 cm³/mol. The van der Waals surface area contributed by atoms with Gasteiger partial charge in [-0.25, -0.2) is 13.2 Å². The summed E-state index contributed by atoms with van der Waals surface area (Å²) in [6, 6.07) is 20.2. The van der Waals surface area contributed by atoms with Crippen molar-refractivity contribution in [2.45, 2.75) is 31.2 Å². The smallest absolute Gasteiger partial charge is 0.251 e. The third-order valence-electron chi connectivity index (χ3n) is 10.8. The number of hydrogen-bond donors (Lipinski definition) is 2. The number of benzene rings is 4. The van der Waals surface area contributed by atoms with E-state index in [4.69, 9.17) is 4.74 Å². The Bertz CT molecular complexity index is 1890. The standard InChI is InChI=1S/C39H39F3N4O3/c40-33-7-1-25(18-34(33)41)32-23-49-37-20-29(47)4-6-31(37)38(32)26-2-8-36(35(42)19-26)46-11-9-24(10-12-46)22-44-13-15-45(16-14-44)28-3-5-30-27(17-28)21-43-39(30)48/h1-8,17-20,24,32,38,47H,9-16,21-23H2,(H,43,48)/t32-,38-/m1/s1. The fourth-order valence-corrected chi connectivity index (χ4v) is 8.14. The Balaban J connectivity index is 0.911. The van der Waals surface area contributed by atoms with E-state index in [1.165, 1.54) is 17.8 Å². The van der Waals surface area contributed by atoms with Gasteiger partial charge in [0.25, 0.3) is 5.91 Å². The second-order valence-corrected chi connectivity index (χ2v) is 13.7. The molecule has 8 rings (SSSR count). The first-order valence-corrected chi connectivity index (χ1v) is 17.1. The summed E-state index contributed by atoms with van der Waals surface area (Å²) in [6.45, 7) is 7.25. The Morgan fingerprint density at radius 2 is 1.55 bits per heavy atom. The minimum absolute atomic E-state index is 0.0105. The van der Waals surface area contributed by atoms with Crippen LogP contribution in [-0.4, -0.2) is 68.3 Å². The molecule has 0 unspecified atom stereocenters. The normalized spacial score (nSPS) is 21.2. The molecule has 2 fully saturated rings. The van der Waals surface area contributed by atoms with Gasteiger partial charge in [-0.2, -0.15) is 0 Å². The van der Waals surface area contributed by atoms with Gasteiger partial charge in [-0.3, -0.25) is 9.69 Å². The van der Waals surface area contributed by atoms with Crippen LogP contribution in [0.15, 0.2) is 72.8 Å². The molecule has 4 aliphatic rings. The Hall–Kier alpha value is -4.70. The van der Waals surface area contributed by atoms with E-state index in [9.17, 15) is 18.7 Å². The number of piperazine rings is 1. The van der Waals surface area contributed by atoms with E-state index < -0.39 is 11.6 Å². The Labute approximate surface area is 283 Å². The van der Waals surface area contributed by atoms with Crippen LogP contribution in [-0.2, 0) is 6.54 Å². The van der Waals surface area contributed by atoms with E-state index in [-0.39, 0.29) is 35.9 Å². The first kappa shape index (κ1) is 31.6. The SMILES string of the molecule is O=C1NCc2cc(N3CCN(CC4CCN(c5ccc([C@@H]6c7ccc(O)cc7OC[C@@H]6c6ccc(F)c(F)c6)cc5F)CC4)CC3)ccc21. The molecule has 0 saturated carbocycles. The third kappa shape index (κ3) is 6.18. The van der Waals surface area contributed by atoms with Gasteiger partial charge in [-0.15, -0.1) is 0 Å². The second kappa shape index (κ2) is 13.0. The number of nitrogens with zero attached hydrogens (tertiary/aromatic N) is 3. The first-order chi connectivity index (χ1) is 23.8. The third-order valence-corrected chi connectivity index (χ3v) is 10.8. The van der Waals surface area contributed by atoms with Crippen LogP contribution in [0.2, 0.25) is 0 Å². The largest absolute Gasteiger partial charge is 0.508 e. The highest BCUT2D eigenvalue weighted by atomic mass is 19.2. The summed E-state index contributed by atoms with van der Waals surface area (Å²) < 4.78 is 50.0. The maximum absolute atomic E-state index is 16.0. The summed E-state index contributed by atoms with van der Waals surface area (Å²) >= 11 is 0. The quantitative estimate of drug-likeness (QED) is 0.248. The molecule has 0 radical (unpaired) electrons. The summed E-state index contributed by atoms with van der Waals surface area (Å²) in [7, 11) is 0. The number of phenols is 1. The van der Waals surface area contributed by atoms with E-state index in [0.29, 0.717) is 35.0 Å². The molecular formula is C39H39F3N4O3. The number of phenolic OH excluding ortho intramolecular Hbond substituents is 1. The van der Waals surface area contributed by atoms with Gasteiger partial charge in [0.15, 0.2) is 11.6 Å². The molecule has 2 saturated heterocycles. The van der Waals surface area contributed by atoms with Crippen molar-refractivity contribution >= 4 is 17.3 Å². The Morgan fingerprint density at radius 1 is 0.776 bits per heavy atom. The van der Waals surface area contributed by atoms with E-state index in [1.807, 2.05) is 18.2 Å². The number of ether oxygens (including phenoxy) is 1. The number of rotatable bonds is 6. The topological polar surface area (TPSA) is 68.3 Å². The summed E-state index contributed by atoms with van der Waals surface area (Å²) in [4.78, 5) is 19.0. The molecule has 0 spiro atoms. The number of amides is 1. The number of carbonyl (C=O) groups is 1. The summed E-state index contributed by atoms with van der Waals surface area (Å²) in [5.41, 5.74) is 5.64. The maximum atomic E-state index is 16.0. The molecule has 4 aromatic rings. The van der Waals surface area contributed by atoms with Crippen molar-refractivity contribution in [3.05, 3.63) is 118 Å². The van der Waals surface area contributed by atoms with Gasteiger partial charge in [-0.05, 0) is 84.0 Å². The van der Waals surface area contributed by atoms with Gasteiger partial charge in [0.2, 0.25) is 0 Å². The lowest BCUT2D eigenvalue weighted by atomic mass is 9.75. The molecule has 2 atom stereocenters. The lowest BCUT2D eigenvalue weighted by Crippen LogP contribution is -2.49. The molecule has 254 valence electrons. The Morgan fingerprint density at radius 3 is 2.33 bits per heavy atom. The zero-order valence-corrected chi connectivity index (χ0v) is 27.2. The summed E-state index contributed by atoms with van der Waals surface area (Å²) in [5.74, 6) is -1.82. The molecular weight excluding hydrogens is 629 g/mol. The maximum Gasteiger partial charge on any atom is 0.251 e. The van der Waals surface area contributed by atoms with Gasteiger partial charge in [0.05, 0.1) is 12.3 Å². The van der Waals surface area contributed by atoms with Gasteiger partial charge in [0, 0.05) is 87.1 Å². The van der Waals surface area contributed by atoms with Crippen molar-refractivity contribution in [1.82, 2.24) is 10.2 Å². The number of piperidine rings is 1. The minimum atomic E-state index is -0.938. The fourth-order valence-electron chi connectivity index (χ4n) is 8.14. The highest BCUT2D eigenvalue weighted by molar-refractivity contribution is 5.98. The van der Waals surface area contributed by atoms with Crippen LogP contribution >= 0.6 is 0 Å². The van der Waals surface area contributed by atoms with Crippen LogP contribution < -0.4 is 19.9 Å². The molecule has 2 N–H and O–H groups in total. The number of nitrogens with one attached hydrogen (secondary N) is 1. The van der Waals surface area contributed by atoms with Crippen LogP contribution in [0, 0.1) is 23.4 Å². The van der Waals surface area contributed by atoms with Crippen molar-refractivity contribution in [2.24, 2.45) is 5.92 Å². The van der Waals surface area contributed by atoms with Gasteiger partial charge < -0.3 is 25.0 Å². The summed E-state index contributed by atoms with van der Waals surface area (Å²) in [5, 5.41) is 13.0. The average Bonchev–Trinajstić information content (AvgIpc) is 3.49. The van der Waals surface area contributed by atoms with E-state index in [0.717, 1.165) is 81.4 Å². The van der Waals surface area contributed by atoms with Crippen molar-refractivity contribution in [1.29, 1.82) is 0 Å². The molecule has 0 aromatic heterocycles. The molecule has 4 heterocycles. The van der Waals surface area contributed by atoms with Gasteiger partial charge in [0.1, 0.15) is 17.3 Å². The highest BCUT2D eigenvalue weighted by Gasteiger charge is 2.35. The van der Waals surface area contributed by atoms with Crippen LogP contribution in [0.25, 0.3) is 0 Å². The van der Waals surface area contributed by atoms with E-state index in [2.05, 4.69) is 32.1 Å². The molecule has 49 heavy (non-hydrogen) atoms. The number of fused-ring (bicyclic) bond motifs is 2. The number of anilines is 2. The van der Waals surface area contributed by atoms with Crippen molar-refractivity contribution in [3.63, 3.8) is 0 Å². The van der Waals surface area contributed by atoms with Crippen molar-refractivity contribution in [2.75, 3.05) is 62.2 Å². The van der Waals surface area contributed by atoms with E-state index >= 15 is 4.39 Å². The second-order valence-electron chi connectivity index (χ2n) is 13.7. The molecule has 0 aliphatic carbocycles.